The smallest absolute Gasteiger partial charge is 0.236 e. The van der Waals surface area contributed by atoms with E-state index < -0.39 is 0 Å². The van der Waals surface area contributed by atoms with Crippen molar-refractivity contribution in [2.24, 2.45) is 5.92 Å². The number of ether oxygens (including phenoxy) is 1. The molecule has 1 aliphatic heterocycles. The number of rotatable bonds is 5. The van der Waals surface area contributed by atoms with Gasteiger partial charge in [-0.05, 0) is 24.3 Å². The van der Waals surface area contributed by atoms with Crippen LogP contribution in [0.25, 0.3) is 0 Å². The maximum Gasteiger partial charge on any atom is 0.236 e. The third kappa shape index (κ3) is 3.87. The van der Waals surface area contributed by atoms with Crippen LogP contribution in [0.4, 0.5) is 0 Å². The highest BCUT2D eigenvalue weighted by molar-refractivity contribution is 5.78. The predicted octanol–water partition coefficient (Wildman–Crippen LogP) is 2.36. The van der Waals surface area contributed by atoms with Gasteiger partial charge in [-0.25, -0.2) is 0 Å². The molecule has 22 heavy (non-hydrogen) atoms. The molecule has 0 unspecified atom stereocenters. The van der Waals surface area contributed by atoms with Crippen molar-refractivity contribution in [1.29, 1.82) is 0 Å². The fraction of sp³-hybridized carbons (Fsp3) is 0.611. The molecular weight excluding hydrogens is 276 g/mol. The molecule has 0 bridgehead atoms. The molecule has 1 aromatic carbocycles. The molecule has 1 saturated carbocycles. The van der Waals surface area contributed by atoms with E-state index in [0.717, 1.165) is 5.56 Å². The summed E-state index contributed by atoms with van der Waals surface area (Å²) >= 11 is 0. The van der Waals surface area contributed by atoms with Crippen LogP contribution < -0.4 is 5.32 Å². The van der Waals surface area contributed by atoms with E-state index >= 15 is 0 Å². The zero-order valence-corrected chi connectivity index (χ0v) is 13.5. The normalized spacial score (nSPS) is 25.5. The SMILES string of the molecule is CC(C)[C@H]1CN(C(=O)CNC2CC2)C[C@@H](c2ccccc2)O1. The van der Waals surface area contributed by atoms with Gasteiger partial charge in [0, 0.05) is 12.6 Å². The monoisotopic (exact) mass is 302 g/mol. The van der Waals surface area contributed by atoms with Crippen molar-refractivity contribution >= 4 is 5.91 Å². The highest BCUT2D eigenvalue weighted by Gasteiger charge is 2.33. The van der Waals surface area contributed by atoms with Gasteiger partial charge in [-0.3, -0.25) is 4.79 Å². The number of nitrogens with zero attached hydrogens (tertiary/aromatic N) is 1. The Bertz CT molecular complexity index is 499. The van der Waals surface area contributed by atoms with Crippen LogP contribution in [-0.4, -0.2) is 42.6 Å². The summed E-state index contributed by atoms with van der Waals surface area (Å²) in [5.74, 6) is 0.597. The molecule has 0 spiro atoms. The van der Waals surface area contributed by atoms with Gasteiger partial charge in [0.25, 0.3) is 0 Å². The molecule has 4 heteroatoms. The van der Waals surface area contributed by atoms with E-state index in [1.165, 1.54) is 12.8 Å². The first kappa shape index (κ1) is 15.5. The molecule has 1 N–H and O–H groups in total. The minimum Gasteiger partial charge on any atom is -0.366 e. The number of benzene rings is 1. The summed E-state index contributed by atoms with van der Waals surface area (Å²) in [6, 6.07) is 10.8. The lowest BCUT2D eigenvalue weighted by Crippen LogP contribution is -2.51. The quantitative estimate of drug-likeness (QED) is 0.908. The van der Waals surface area contributed by atoms with Crippen molar-refractivity contribution in [3.8, 4) is 0 Å². The van der Waals surface area contributed by atoms with Crippen molar-refractivity contribution in [3.05, 3.63) is 35.9 Å². The molecule has 120 valence electrons. The van der Waals surface area contributed by atoms with Crippen molar-refractivity contribution in [2.75, 3.05) is 19.6 Å². The van der Waals surface area contributed by atoms with Crippen molar-refractivity contribution in [2.45, 2.75) is 44.9 Å². The average molecular weight is 302 g/mol. The fourth-order valence-corrected chi connectivity index (χ4v) is 2.84. The third-order valence-electron chi connectivity index (χ3n) is 4.51. The van der Waals surface area contributed by atoms with Crippen LogP contribution in [0.2, 0.25) is 0 Å². The van der Waals surface area contributed by atoms with Gasteiger partial charge in [0.2, 0.25) is 5.91 Å². The summed E-state index contributed by atoms with van der Waals surface area (Å²) in [4.78, 5) is 14.5. The van der Waals surface area contributed by atoms with Gasteiger partial charge in [-0.15, -0.1) is 0 Å². The highest BCUT2D eigenvalue weighted by Crippen LogP contribution is 2.28. The van der Waals surface area contributed by atoms with Crippen LogP contribution in [0.15, 0.2) is 30.3 Å². The molecule has 3 rings (SSSR count). The molecule has 1 amide bonds. The van der Waals surface area contributed by atoms with Gasteiger partial charge in [-0.2, -0.15) is 0 Å². The van der Waals surface area contributed by atoms with Gasteiger partial charge < -0.3 is 15.0 Å². The first-order valence-corrected chi connectivity index (χ1v) is 8.35. The largest absolute Gasteiger partial charge is 0.366 e. The summed E-state index contributed by atoms with van der Waals surface area (Å²) in [7, 11) is 0. The van der Waals surface area contributed by atoms with Crippen LogP contribution in [0.1, 0.15) is 38.4 Å². The molecule has 2 aliphatic rings. The van der Waals surface area contributed by atoms with E-state index in [4.69, 9.17) is 4.74 Å². The van der Waals surface area contributed by atoms with Crippen LogP contribution in [-0.2, 0) is 9.53 Å². The standard InChI is InChI=1S/C18H26N2O2/c1-13(2)16-11-20(18(21)10-19-15-8-9-15)12-17(22-16)14-6-4-3-5-7-14/h3-7,13,15-17,19H,8-12H2,1-2H3/t16-,17+/m1/s1. The van der Waals surface area contributed by atoms with Gasteiger partial charge in [-0.1, -0.05) is 44.2 Å². The van der Waals surface area contributed by atoms with E-state index in [1.807, 2.05) is 23.1 Å². The molecule has 1 aromatic rings. The Labute approximate surface area is 132 Å². The lowest BCUT2D eigenvalue weighted by atomic mass is 10.0. The maximum atomic E-state index is 12.5. The lowest BCUT2D eigenvalue weighted by molar-refractivity contribution is -0.149. The maximum absolute atomic E-state index is 12.5. The summed E-state index contributed by atoms with van der Waals surface area (Å²) in [5, 5.41) is 3.32. The molecular formula is C18H26N2O2. The van der Waals surface area contributed by atoms with Crippen LogP contribution in [0.5, 0.6) is 0 Å². The Morgan fingerprint density at radius 2 is 2.00 bits per heavy atom. The summed E-state index contributed by atoms with van der Waals surface area (Å²) in [6.45, 7) is 6.12. The lowest BCUT2D eigenvalue weighted by Gasteiger charge is -2.40. The molecule has 1 saturated heterocycles. The van der Waals surface area contributed by atoms with E-state index in [9.17, 15) is 4.79 Å². The average Bonchev–Trinajstić information content (AvgIpc) is 3.37. The molecule has 1 aliphatic carbocycles. The highest BCUT2D eigenvalue weighted by atomic mass is 16.5. The van der Waals surface area contributed by atoms with Crippen molar-refractivity contribution in [3.63, 3.8) is 0 Å². The number of morpholine rings is 1. The Morgan fingerprint density at radius 3 is 2.64 bits per heavy atom. The minimum atomic E-state index is -0.0211. The molecule has 2 atom stereocenters. The van der Waals surface area contributed by atoms with Crippen LogP contribution in [0, 0.1) is 5.92 Å². The van der Waals surface area contributed by atoms with Crippen molar-refractivity contribution in [1.82, 2.24) is 10.2 Å². The van der Waals surface area contributed by atoms with Gasteiger partial charge in [0.05, 0.1) is 19.2 Å². The fourth-order valence-electron chi connectivity index (χ4n) is 2.84. The predicted molar refractivity (Wildman–Crippen MR) is 86.5 cm³/mol. The molecule has 1 heterocycles. The number of carbonyl (C=O) groups is 1. The second-order valence-corrected chi connectivity index (χ2v) is 6.77. The number of hydrogen-bond donors (Lipinski definition) is 1. The zero-order chi connectivity index (χ0) is 15.5. The topological polar surface area (TPSA) is 41.6 Å². The molecule has 0 aromatic heterocycles. The zero-order valence-electron chi connectivity index (χ0n) is 13.5. The van der Waals surface area contributed by atoms with E-state index in [0.29, 0.717) is 31.6 Å². The molecule has 4 nitrogen and oxygen atoms in total. The van der Waals surface area contributed by atoms with Crippen molar-refractivity contribution < 1.29 is 9.53 Å². The second-order valence-electron chi connectivity index (χ2n) is 6.77. The number of amides is 1. The molecule has 2 fully saturated rings. The Morgan fingerprint density at radius 1 is 1.27 bits per heavy atom. The first-order valence-electron chi connectivity index (χ1n) is 8.35. The van der Waals surface area contributed by atoms with Gasteiger partial charge in [0.1, 0.15) is 6.10 Å². The van der Waals surface area contributed by atoms with E-state index in [2.05, 4.69) is 31.3 Å². The third-order valence-corrected chi connectivity index (χ3v) is 4.51. The molecule has 0 radical (unpaired) electrons. The first-order chi connectivity index (χ1) is 10.6. The van der Waals surface area contributed by atoms with E-state index in [-0.39, 0.29) is 18.1 Å². The van der Waals surface area contributed by atoms with Crippen LogP contribution >= 0.6 is 0 Å². The second kappa shape index (κ2) is 6.80. The Balaban J connectivity index is 1.67. The Kier molecular flexibility index (Phi) is 4.79. The number of nitrogens with one attached hydrogen (secondary N) is 1. The number of hydrogen-bond acceptors (Lipinski definition) is 3. The number of carbonyl (C=O) groups excluding carboxylic acids is 1. The minimum absolute atomic E-state index is 0.0211. The Hall–Kier alpha value is -1.39. The van der Waals surface area contributed by atoms with E-state index in [1.54, 1.807) is 0 Å². The summed E-state index contributed by atoms with van der Waals surface area (Å²) in [6.07, 6.45) is 2.49. The summed E-state index contributed by atoms with van der Waals surface area (Å²) < 4.78 is 6.24. The summed E-state index contributed by atoms with van der Waals surface area (Å²) in [5.41, 5.74) is 1.15. The van der Waals surface area contributed by atoms with Crippen LogP contribution in [0.3, 0.4) is 0 Å². The van der Waals surface area contributed by atoms with Gasteiger partial charge in [0.15, 0.2) is 0 Å². The van der Waals surface area contributed by atoms with Gasteiger partial charge >= 0.3 is 0 Å².